The quantitative estimate of drug-likeness (QED) is 0.712. The summed E-state index contributed by atoms with van der Waals surface area (Å²) in [5.41, 5.74) is 0. The van der Waals surface area contributed by atoms with Gasteiger partial charge >= 0.3 is 6.03 Å². The van der Waals surface area contributed by atoms with Gasteiger partial charge in [0.1, 0.15) is 0 Å². The molecule has 3 N–H and O–H groups in total. The van der Waals surface area contributed by atoms with Gasteiger partial charge in [-0.25, -0.2) is 4.79 Å². The highest BCUT2D eigenvalue weighted by atomic mass is 16.5. The van der Waals surface area contributed by atoms with Crippen molar-refractivity contribution in [3.63, 3.8) is 0 Å². The average Bonchev–Trinajstić information content (AvgIpc) is 2.23. The normalized spacial score (nSPS) is 29.1. The molecule has 3 unspecified atom stereocenters. The van der Waals surface area contributed by atoms with Crippen LogP contribution in [0.5, 0.6) is 0 Å². The van der Waals surface area contributed by atoms with Gasteiger partial charge in [-0.1, -0.05) is 13.8 Å². The Hall–Kier alpha value is -0.810. The minimum absolute atomic E-state index is 0.154. The number of carbonyl (C=O) groups is 1. The molecule has 0 aromatic carbocycles. The second-order valence-electron chi connectivity index (χ2n) is 6.06. The van der Waals surface area contributed by atoms with E-state index in [0.717, 1.165) is 12.8 Å². The Morgan fingerprint density at radius 1 is 1.32 bits per heavy atom. The number of amides is 2. The minimum atomic E-state index is -0.474. The summed E-state index contributed by atoms with van der Waals surface area (Å²) in [6, 6.07) is -0.0462. The van der Waals surface area contributed by atoms with Crippen molar-refractivity contribution in [2.75, 3.05) is 6.54 Å². The molecule has 0 aromatic heterocycles. The number of nitrogens with one attached hydrogen (secondary N) is 2. The van der Waals surface area contributed by atoms with Gasteiger partial charge in [0.25, 0.3) is 0 Å². The van der Waals surface area contributed by atoms with Crippen molar-refractivity contribution >= 4 is 6.03 Å². The van der Waals surface area contributed by atoms with Gasteiger partial charge in [-0.15, -0.1) is 0 Å². The summed E-state index contributed by atoms with van der Waals surface area (Å²) in [5, 5.41) is 15.4. The maximum Gasteiger partial charge on any atom is 0.315 e. The van der Waals surface area contributed by atoms with E-state index in [0.29, 0.717) is 18.9 Å². The first kappa shape index (κ1) is 16.2. The van der Waals surface area contributed by atoms with Gasteiger partial charge in [0, 0.05) is 12.6 Å². The third-order valence-electron chi connectivity index (χ3n) is 3.27. The van der Waals surface area contributed by atoms with Crippen LogP contribution in [0, 0.1) is 5.92 Å². The fourth-order valence-electron chi connectivity index (χ4n) is 2.60. The Morgan fingerprint density at radius 3 is 2.42 bits per heavy atom. The molecule has 5 nitrogen and oxygen atoms in total. The Morgan fingerprint density at radius 2 is 1.89 bits per heavy atom. The monoisotopic (exact) mass is 272 g/mol. The van der Waals surface area contributed by atoms with Gasteiger partial charge in [-0.05, 0) is 39.0 Å². The van der Waals surface area contributed by atoms with E-state index in [2.05, 4.69) is 10.6 Å². The first-order valence-electron chi connectivity index (χ1n) is 7.24. The number of urea groups is 1. The number of rotatable bonds is 5. The minimum Gasteiger partial charge on any atom is -0.391 e. The molecular formula is C14H28N2O3. The fraction of sp³-hybridized carbons (Fsp3) is 0.929. The first-order valence-corrected chi connectivity index (χ1v) is 7.24. The number of hydrogen-bond donors (Lipinski definition) is 3. The summed E-state index contributed by atoms with van der Waals surface area (Å²) in [4.78, 5) is 11.7. The van der Waals surface area contributed by atoms with Gasteiger partial charge in [-0.3, -0.25) is 0 Å². The SMILES string of the molecule is CC(C)CC(O)CNC(=O)NC1CC(C)OC(C)C1. The molecule has 0 aliphatic carbocycles. The molecule has 3 atom stereocenters. The van der Waals surface area contributed by atoms with Crippen molar-refractivity contribution in [3.8, 4) is 0 Å². The Kier molecular flexibility index (Phi) is 6.58. The largest absolute Gasteiger partial charge is 0.391 e. The van der Waals surface area contributed by atoms with Crippen LogP contribution in [0.2, 0.25) is 0 Å². The standard InChI is InChI=1S/C14H28N2O3/c1-9(2)5-13(17)8-15-14(18)16-12-6-10(3)19-11(4)7-12/h9-13,17H,5-8H2,1-4H3,(H2,15,16,18). The summed E-state index contributed by atoms with van der Waals surface area (Å²) in [5.74, 6) is 0.428. The van der Waals surface area contributed by atoms with Crippen molar-refractivity contribution < 1.29 is 14.6 Å². The first-order chi connectivity index (χ1) is 8.86. The zero-order valence-corrected chi connectivity index (χ0v) is 12.5. The van der Waals surface area contributed by atoms with Crippen LogP contribution in [0.3, 0.4) is 0 Å². The number of carbonyl (C=O) groups excluding carboxylic acids is 1. The molecule has 1 fully saturated rings. The second-order valence-corrected chi connectivity index (χ2v) is 6.06. The predicted molar refractivity (Wildman–Crippen MR) is 75.0 cm³/mol. The number of hydrogen-bond acceptors (Lipinski definition) is 3. The fourth-order valence-corrected chi connectivity index (χ4v) is 2.60. The zero-order valence-electron chi connectivity index (χ0n) is 12.5. The van der Waals surface area contributed by atoms with Crippen molar-refractivity contribution in [3.05, 3.63) is 0 Å². The molecule has 5 heteroatoms. The lowest BCUT2D eigenvalue weighted by atomic mass is 10.0. The van der Waals surface area contributed by atoms with Crippen molar-refractivity contribution in [1.29, 1.82) is 0 Å². The highest BCUT2D eigenvalue weighted by molar-refractivity contribution is 5.74. The molecule has 1 heterocycles. The van der Waals surface area contributed by atoms with E-state index in [1.807, 2.05) is 27.7 Å². The van der Waals surface area contributed by atoms with Crippen LogP contribution in [0.15, 0.2) is 0 Å². The highest BCUT2D eigenvalue weighted by Gasteiger charge is 2.25. The van der Waals surface area contributed by atoms with E-state index in [9.17, 15) is 9.90 Å². The Labute approximate surface area is 116 Å². The molecule has 1 aliphatic rings. The van der Waals surface area contributed by atoms with E-state index in [1.165, 1.54) is 0 Å². The lowest BCUT2D eigenvalue weighted by molar-refractivity contribution is -0.0402. The van der Waals surface area contributed by atoms with Gasteiger partial charge in [0.15, 0.2) is 0 Å². The Bertz CT molecular complexity index is 274. The third kappa shape index (κ3) is 6.78. The summed E-state index contributed by atoms with van der Waals surface area (Å²) in [6.07, 6.45) is 2.27. The molecule has 2 amide bonds. The maximum absolute atomic E-state index is 11.7. The lowest BCUT2D eigenvalue weighted by Crippen LogP contribution is -2.48. The molecule has 1 saturated heterocycles. The number of aliphatic hydroxyl groups excluding tert-OH is 1. The van der Waals surface area contributed by atoms with Crippen LogP contribution < -0.4 is 10.6 Å². The third-order valence-corrected chi connectivity index (χ3v) is 3.27. The molecule has 0 bridgehead atoms. The molecule has 0 spiro atoms. The van der Waals surface area contributed by atoms with Crippen molar-refractivity contribution in [1.82, 2.24) is 10.6 Å². The predicted octanol–water partition coefficient (Wildman–Crippen LogP) is 1.65. The molecular weight excluding hydrogens is 244 g/mol. The summed E-state index contributed by atoms with van der Waals surface area (Å²) in [7, 11) is 0. The molecule has 1 rings (SSSR count). The average molecular weight is 272 g/mol. The van der Waals surface area contributed by atoms with E-state index in [1.54, 1.807) is 0 Å². The van der Waals surface area contributed by atoms with Crippen molar-refractivity contribution in [2.45, 2.75) is 71.3 Å². The highest BCUT2D eigenvalue weighted by Crippen LogP contribution is 2.18. The second kappa shape index (κ2) is 7.70. The van der Waals surface area contributed by atoms with Crippen LogP contribution in [-0.4, -0.2) is 42.0 Å². The van der Waals surface area contributed by atoms with Gasteiger partial charge in [0.05, 0.1) is 18.3 Å². The van der Waals surface area contributed by atoms with E-state index in [4.69, 9.17) is 4.74 Å². The summed E-state index contributed by atoms with van der Waals surface area (Å²) in [6.45, 7) is 8.45. The van der Waals surface area contributed by atoms with Gasteiger partial charge < -0.3 is 20.5 Å². The van der Waals surface area contributed by atoms with E-state index in [-0.39, 0.29) is 24.3 Å². The van der Waals surface area contributed by atoms with Crippen LogP contribution >= 0.6 is 0 Å². The van der Waals surface area contributed by atoms with Gasteiger partial charge in [-0.2, -0.15) is 0 Å². The molecule has 0 saturated carbocycles. The van der Waals surface area contributed by atoms with E-state index >= 15 is 0 Å². The topological polar surface area (TPSA) is 70.6 Å². The van der Waals surface area contributed by atoms with Gasteiger partial charge in [0.2, 0.25) is 0 Å². The molecule has 1 aliphatic heterocycles. The van der Waals surface area contributed by atoms with Crippen LogP contribution in [-0.2, 0) is 4.74 Å². The van der Waals surface area contributed by atoms with Crippen LogP contribution in [0.1, 0.15) is 47.0 Å². The molecule has 19 heavy (non-hydrogen) atoms. The van der Waals surface area contributed by atoms with Crippen LogP contribution in [0.25, 0.3) is 0 Å². The maximum atomic E-state index is 11.7. The molecule has 0 radical (unpaired) electrons. The molecule has 0 aromatic rings. The molecule has 112 valence electrons. The zero-order chi connectivity index (χ0) is 14.4. The summed E-state index contributed by atoms with van der Waals surface area (Å²) < 4.78 is 5.63. The number of ether oxygens (including phenoxy) is 1. The van der Waals surface area contributed by atoms with E-state index < -0.39 is 6.10 Å². The Balaban J connectivity index is 2.23. The van der Waals surface area contributed by atoms with Crippen LogP contribution in [0.4, 0.5) is 4.79 Å². The summed E-state index contributed by atoms with van der Waals surface area (Å²) >= 11 is 0. The lowest BCUT2D eigenvalue weighted by Gasteiger charge is -2.32. The van der Waals surface area contributed by atoms with Crippen molar-refractivity contribution in [2.24, 2.45) is 5.92 Å². The number of aliphatic hydroxyl groups is 1. The smallest absolute Gasteiger partial charge is 0.315 e.